The molecule has 1 fully saturated rings. The monoisotopic (exact) mass is 394 g/mol. The fourth-order valence-electron chi connectivity index (χ4n) is 2.94. The van der Waals surface area contributed by atoms with Gasteiger partial charge in [-0.2, -0.15) is 5.26 Å². The van der Waals surface area contributed by atoms with E-state index in [1.807, 2.05) is 11.0 Å². The molecule has 3 rings (SSSR count). The molecule has 1 aromatic heterocycles. The number of piperazine rings is 1. The smallest absolute Gasteiger partial charge is 0.267 e. The minimum atomic E-state index is -0.478. The maximum atomic E-state index is 12.5. The van der Waals surface area contributed by atoms with E-state index in [2.05, 4.69) is 20.2 Å². The van der Waals surface area contributed by atoms with Gasteiger partial charge in [0.05, 0.1) is 14.2 Å². The Bertz CT molecular complexity index is 918. The van der Waals surface area contributed by atoms with Crippen molar-refractivity contribution in [3.63, 3.8) is 0 Å². The van der Waals surface area contributed by atoms with Crippen LogP contribution in [0.4, 0.5) is 11.6 Å². The van der Waals surface area contributed by atoms with Crippen LogP contribution in [0.25, 0.3) is 0 Å². The summed E-state index contributed by atoms with van der Waals surface area (Å²) in [5.74, 6) is 1.25. The summed E-state index contributed by atoms with van der Waals surface area (Å²) in [5, 5.41) is 12.2. The van der Waals surface area contributed by atoms with Gasteiger partial charge in [0.1, 0.15) is 11.6 Å². The molecule has 29 heavy (non-hydrogen) atoms. The first-order valence-electron chi connectivity index (χ1n) is 9.06. The Hall–Kier alpha value is -3.80. The van der Waals surface area contributed by atoms with Crippen LogP contribution in [0.15, 0.2) is 48.4 Å². The standard InChI is InChI=1S/C20H22N6O3/c1-28-17-5-4-16(12-18(17)29-2)24-19(27)15(13-21)14-25-8-10-26(11-9-25)20-22-6-3-7-23-20/h3-7,12,14H,8-11H2,1-2H3,(H,24,27)/b15-14-. The molecule has 9 heteroatoms. The van der Waals surface area contributed by atoms with Gasteiger partial charge in [-0.15, -0.1) is 0 Å². The third-order valence-electron chi connectivity index (χ3n) is 4.47. The van der Waals surface area contributed by atoms with Crippen molar-refractivity contribution in [2.75, 3.05) is 50.6 Å². The number of nitriles is 1. The molecule has 2 heterocycles. The number of anilines is 2. The molecule has 1 aliphatic heterocycles. The first-order valence-corrected chi connectivity index (χ1v) is 9.06. The van der Waals surface area contributed by atoms with Gasteiger partial charge in [0.2, 0.25) is 5.95 Å². The number of amides is 1. The summed E-state index contributed by atoms with van der Waals surface area (Å²) >= 11 is 0. The first-order chi connectivity index (χ1) is 14.1. The van der Waals surface area contributed by atoms with Crippen LogP contribution in [0.5, 0.6) is 11.5 Å². The quantitative estimate of drug-likeness (QED) is 0.583. The molecule has 1 aromatic carbocycles. The molecular weight excluding hydrogens is 372 g/mol. The molecule has 0 unspecified atom stereocenters. The number of rotatable bonds is 6. The number of carbonyl (C=O) groups is 1. The average Bonchev–Trinajstić information content (AvgIpc) is 2.78. The van der Waals surface area contributed by atoms with Gasteiger partial charge in [0.15, 0.2) is 11.5 Å². The summed E-state index contributed by atoms with van der Waals surface area (Å²) in [5.41, 5.74) is 0.545. The highest BCUT2D eigenvalue weighted by Gasteiger charge is 2.19. The molecule has 0 bridgehead atoms. The van der Waals surface area contributed by atoms with E-state index in [-0.39, 0.29) is 5.57 Å². The molecule has 150 valence electrons. The molecule has 1 aliphatic rings. The number of ether oxygens (including phenoxy) is 2. The summed E-state index contributed by atoms with van der Waals surface area (Å²) in [7, 11) is 3.06. The van der Waals surface area contributed by atoms with Gasteiger partial charge in [-0.05, 0) is 18.2 Å². The highest BCUT2D eigenvalue weighted by molar-refractivity contribution is 6.06. The molecular formula is C20H22N6O3. The largest absolute Gasteiger partial charge is 0.493 e. The van der Waals surface area contributed by atoms with E-state index in [0.29, 0.717) is 49.3 Å². The predicted octanol–water partition coefficient (Wildman–Crippen LogP) is 1.66. The fraction of sp³-hybridized carbons (Fsp3) is 0.300. The molecule has 1 N–H and O–H groups in total. The Kier molecular flexibility index (Phi) is 6.47. The van der Waals surface area contributed by atoms with E-state index < -0.39 is 5.91 Å². The van der Waals surface area contributed by atoms with Crippen molar-refractivity contribution in [1.82, 2.24) is 14.9 Å². The van der Waals surface area contributed by atoms with Crippen molar-refractivity contribution in [3.05, 3.63) is 48.4 Å². The van der Waals surface area contributed by atoms with Gasteiger partial charge in [0.25, 0.3) is 5.91 Å². The lowest BCUT2D eigenvalue weighted by Crippen LogP contribution is -2.45. The Morgan fingerprint density at radius 1 is 1.14 bits per heavy atom. The number of nitrogens with zero attached hydrogens (tertiary/aromatic N) is 5. The van der Waals surface area contributed by atoms with Crippen LogP contribution in [-0.4, -0.2) is 61.2 Å². The van der Waals surface area contributed by atoms with Crippen molar-refractivity contribution in [3.8, 4) is 17.6 Å². The topological polar surface area (TPSA) is 104 Å². The molecule has 0 radical (unpaired) electrons. The van der Waals surface area contributed by atoms with Crippen molar-refractivity contribution in [1.29, 1.82) is 5.26 Å². The van der Waals surface area contributed by atoms with Crippen LogP contribution in [0.3, 0.4) is 0 Å². The second kappa shape index (κ2) is 9.41. The van der Waals surface area contributed by atoms with Crippen molar-refractivity contribution >= 4 is 17.5 Å². The van der Waals surface area contributed by atoms with Gasteiger partial charge in [0, 0.05) is 56.5 Å². The summed E-state index contributed by atoms with van der Waals surface area (Å²) in [6.07, 6.45) is 5.01. The van der Waals surface area contributed by atoms with E-state index in [4.69, 9.17) is 9.47 Å². The molecule has 1 amide bonds. The van der Waals surface area contributed by atoms with Crippen LogP contribution >= 0.6 is 0 Å². The second-order valence-corrected chi connectivity index (χ2v) is 6.25. The lowest BCUT2D eigenvalue weighted by Gasteiger charge is -2.34. The zero-order valence-corrected chi connectivity index (χ0v) is 16.3. The van der Waals surface area contributed by atoms with E-state index in [1.54, 1.807) is 42.9 Å². The Morgan fingerprint density at radius 2 is 1.83 bits per heavy atom. The first kappa shape index (κ1) is 19.9. The van der Waals surface area contributed by atoms with E-state index in [9.17, 15) is 10.1 Å². The zero-order valence-electron chi connectivity index (χ0n) is 16.3. The van der Waals surface area contributed by atoms with Crippen LogP contribution in [0.1, 0.15) is 0 Å². The second-order valence-electron chi connectivity index (χ2n) is 6.25. The van der Waals surface area contributed by atoms with Gasteiger partial charge in [-0.3, -0.25) is 4.79 Å². The zero-order chi connectivity index (χ0) is 20.6. The minimum Gasteiger partial charge on any atom is -0.493 e. The third-order valence-corrected chi connectivity index (χ3v) is 4.47. The Balaban J connectivity index is 1.63. The molecule has 0 saturated carbocycles. The molecule has 0 spiro atoms. The SMILES string of the molecule is COc1ccc(NC(=O)/C(C#N)=C\N2CCN(c3ncccn3)CC2)cc1OC. The molecule has 1 saturated heterocycles. The Morgan fingerprint density at radius 3 is 2.45 bits per heavy atom. The number of methoxy groups -OCH3 is 2. The molecule has 0 aliphatic carbocycles. The lowest BCUT2D eigenvalue weighted by atomic mass is 10.2. The summed E-state index contributed by atoms with van der Waals surface area (Å²) < 4.78 is 10.4. The number of aromatic nitrogens is 2. The van der Waals surface area contributed by atoms with Crippen LogP contribution in [-0.2, 0) is 4.79 Å². The van der Waals surface area contributed by atoms with Crippen LogP contribution in [0, 0.1) is 11.3 Å². The average molecular weight is 394 g/mol. The molecule has 0 atom stereocenters. The summed E-state index contributed by atoms with van der Waals surface area (Å²) in [4.78, 5) is 25.0. The number of hydrogen-bond donors (Lipinski definition) is 1. The van der Waals surface area contributed by atoms with Crippen LogP contribution in [0.2, 0.25) is 0 Å². The normalized spacial score (nSPS) is 14.2. The van der Waals surface area contributed by atoms with Crippen LogP contribution < -0.4 is 19.7 Å². The van der Waals surface area contributed by atoms with E-state index in [1.165, 1.54) is 14.2 Å². The maximum absolute atomic E-state index is 12.5. The molecule has 9 nitrogen and oxygen atoms in total. The highest BCUT2D eigenvalue weighted by atomic mass is 16.5. The van der Waals surface area contributed by atoms with Gasteiger partial charge in [-0.1, -0.05) is 0 Å². The van der Waals surface area contributed by atoms with E-state index >= 15 is 0 Å². The Labute approximate surface area is 169 Å². The third kappa shape index (κ3) is 4.93. The lowest BCUT2D eigenvalue weighted by molar-refractivity contribution is -0.112. The van der Waals surface area contributed by atoms with Crippen molar-refractivity contribution in [2.45, 2.75) is 0 Å². The molecule has 2 aromatic rings. The summed E-state index contributed by atoms with van der Waals surface area (Å²) in [6, 6.07) is 8.77. The number of hydrogen-bond acceptors (Lipinski definition) is 8. The van der Waals surface area contributed by atoms with Crippen molar-refractivity contribution in [2.24, 2.45) is 0 Å². The van der Waals surface area contributed by atoms with Gasteiger partial charge >= 0.3 is 0 Å². The van der Waals surface area contributed by atoms with Gasteiger partial charge < -0.3 is 24.6 Å². The maximum Gasteiger partial charge on any atom is 0.267 e. The number of benzene rings is 1. The number of nitrogens with one attached hydrogen (secondary N) is 1. The van der Waals surface area contributed by atoms with Gasteiger partial charge in [-0.25, -0.2) is 9.97 Å². The van der Waals surface area contributed by atoms with E-state index in [0.717, 1.165) is 0 Å². The fourth-order valence-corrected chi connectivity index (χ4v) is 2.94. The minimum absolute atomic E-state index is 0.0317. The predicted molar refractivity (Wildman–Crippen MR) is 108 cm³/mol. The summed E-state index contributed by atoms with van der Waals surface area (Å²) in [6.45, 7) is 2.73. The number of carbonyl (C=O) groups excluding carboxylic acids is 1. The van der Waals surface area contributed by atoms with Crippen molar-refractivity contribution < 1.29 is 14.3 Å². The highest BCUT2D eigenvalue weighted by Crippen LogP contribution is 2.29.